The van der Waals surface area contributed by atoms with Crippen LogP contribution in [0.1, 0.15) is 15.9 Å². The highest BCUT2D eigenvalue weighted by atomic mass is 16.5. The third kappa shape index (κ3) is 3.56. The standard InChI is InChI=1S/C20H19N3O3/c24-20(15-5-8-21-9-6-15)26-18-4-3-16(14-23-10-12-25-13-11-23)17-2-1-7-22-19(17)18/h1-9H,10-14H2. The summed E-state index contributed by atoms with van der Waals surface area (Å²) in [4.78, 5) is 23.1. The lowest BCUT2D eigenvalue weighted by Gasteiger charge is -2.27. The predicted molar refractivity (Wildman–Crippen MR) is 97.0 cm³/mol. The SMILES string of the molecule is O=C(Oc1ccc(CN2CCOCC2)c2cccnc12)c1ccncc1. The van der Waals surface area contributed by atoms with Crippen LogP contribution in [0.3, 0.4) is 0 Å². The molecule has 0 saturated carbocycles. The molecule has 1 saturated heterocycles. The zero-order chi connectivity index (χ0) is 17.8. The van der Waals surface area contributed by atoms with Gasteiger partial charge in [-0.05, 0) is 29.8 Å². The molecule has 4 rings (SSSR count). The molecule has 0 aliphatic carbocycles. The highest BCUT2D eigenvalue weighted by Crippen LogP contribution is 2.28. The van der Waals surface area contributed by atoms with Gasteiger partial charge in [-0.2, -0.15) is 0 Å². The summed E-state index contributed by atoms with van der Waals surface area (Å²) in [6.45, 7) is 4.18. The normalized spacial score (nSPS) is 15.1. The zero-order valence-corrected chi connectivity index (χ0v) is 14.3. The Balaban J connectivity index is 1.62. The van der Waals surface area contributed by atoms with Crippen LogP contribution in [0.15, 0.2) is 55.0 Å². The lowest BCUT2D eigenvalue weighted by Crippen LogP contribution is -2.35. The number of hydrogen-bond acceptors (Lipinski definition) is 6. The van der Waals surface area contributed by atoms with E-state index in [1.165, 1.54) is 5.56 Å². The number of ether oxygens (including phenoxy) is 2. The van der Waals surface area contributed by atoms with E-state index in [0.717, 1.165) is 38.2 Å². The van der Waals surface area contributed by atoms with E-state index in [4.69, 9.17) is 9.47 Å². The number of benzene rings is 1. The maximum absolute atomic E-state index is 12.4. The van der Waals surface area contributed by atoms with Crippen molar-refractivity contribution >= 4 is 16.9 Å². The number of aromatic nitrogens is 2. The van der Waals surface area contributed by atoms with Gasteiger partial charge >= 0.3 is 5.97 Å². The zero-order valence-electron chi connectivity index (χ0n) is 14.3. The number of hydrogen-bond donors (Lipinski definition) is 0. The quantitative estimate of drug-likeness (QED) is 0.533. The van der Waals surface area contributed by atoms with E-state index in [-0.39, 0.29) is 0 Å². The first-order chi connectivity index (χ1) is 12.8. The van der Waals surface area contributed by atoms with Gasteiger partial charge in [0.15, 0.2) is 5.75 Å². The molecule has 3 aromatic rings. The minimum absolute atomic E-state index is 0.416. The molecule has 2 aromatic heterocycles. The molecular formula is C20H19N3O3. The Morgan fingerprint density at radius 3 is 2.69 bits per heavy atom. The molecule has 1 aliphatic heterocycles. The van der Waals surface area contributed by atoms with E-state index >= 15 is 0 Å². The van der Waals surface area contributed by atoms with Gasteiger partial charge in [0.05, 0.1) is 18.8 Å². The molecule has 132 valence electrons. The fraction of sp³-hybridized carbons (Fsp3) is 0.250. The Kier molecular flexibility index (Phi) is 4.86. The Hall–Kier alpha value is -2.83. The van der Waals surface area contributed by atoms with Gasteiger partial charge in [0.2, 0.25) is 0 Å². The summed E-state index contributed by atoms with van der Waals surface area (Å²) in [6.07, 6.45) is 4.85. The van der Waals surface area contributed by atoms with Crippen LogP contribution in [-0.2, 0) is 11.3 Å². The van der Waals surface area contributed by atoms with E-state index in [1.807, 2.05) is 24.3 Å². The van der Waals surface area contributed by atoms with Gasteiger partial charge in [0, 0.05) is 43.6 Å². The first-order valence-electron chi connectivity index (χ1n) is 8.60. The van der Waals surface area contributed by atoms with Gasteiger partial charge in [0.1, 0.15) is 5.52 Å². The van der Waals surface area contributed by atoms with E-state index in [1.54, 1.807) is 30.7 Å². The molecule has 1 fully saturated rings. The van der Waals surface area contributed by atoms with Crippen molar-refractivity contribution in [2.45, 2.75) is 6.54 Å². The fourth-order valence-corrected chi connectivity index (χ4v) is 3.07. The van der Waals surface area contributed by atoms with Crippen molar-refractivity contribution in [3.63, 3.8) is 0 Å². The second kappa shape index (κ2) is 7.59. The summed E-state index contributed by atoms with van der Waals surface area (Å²) in [5.74, 6) is 0.0495. The molecule has 6 nitrogen and oxygen atoms in total. The number of carbonyl (C=O) groups excluding carboxylic acids is 1. The molecule has 26 heavy (non-hydrogen) atoms. The number of rotatable bonds is 4. The number of morpholine rings is 1. The van der Waals surface area contributed by atoms with Crippen LogP contribution in [0.25, 0.3) is 10.9 Å². The average molecular weight is 349 g/mol. The topological polar surface area (TPSA) is 64.5 Å². The van der Waals surface area contributed by atoms with Crippen molar-refractivity contribution in [1.82, 2.24) is 14.9 Å². The van der Waals surface area contributed by atoms with Gasteiger partial charge in [-0.15, -0.1) is 0 Å². The Bertz CT molecular complexity index is 909. The third-order valence-corrected chi connectivity index (χ3v) is 4.44. The van der Waals surface area contributed by atoms with Crippen molar-refractivity contribution in [1.29, 1.82) is 0 Å². The molecule has 6 heteroatoms. The van der Waals surface area contributed by atoms with Gasteiger partial charge < -0.3 is 9.47 Å². The molecule has 0 unspecified atom stereocenters. The minimum Gasteiger partial charge on any atom is -0.421 e. The van der Waals surface area contributed by atoms with E-state index in [2.05, 4.69) is 14.9 Å². The highest BCUT2D eigenvalue weighted by molar-refractivity contribution is 5.94. The first-order valence-corrected chi connectivity index (χ1v) is 8.60. The van der Waals surface area contributed by atoms with Crippen molar-refractivity contribution in [3.05, 3.63) is 66.1 Å². The Labute approximate surface area is 151 Å². The van der Waals surface area contributed by atoms with E-state index < -0.39 is 5.97 Å². The molecule has 0 bridgehead atoms. The second-order valence-corrected chi connectivity index (χ2v) is 6.14. The summed E-state index contributed by atoms with van der Waals surface area (Å²) >= 11 is 0. The fourth-order valence-electron chi connectivity index (χ4n) is 3.07. The Morgan fingerprint density at radius 2 is 1.88 bits per heavy atom. The molecule has 0 amide bonds. The third-order valence-electron chi connectivity index (χ3n) is 4.44. The molecule has 3 heterocycles. The minimum atomic E-state index is -0.416. The maximum Gasteiger partial charge on any atom is 0.343 e. The molecule has 0 N–H and O–H groups in total. The number of nitrogens with zero attached hydrogens (tertiary/aromatic N) is 3. The lowest BCUT2D eigenvalue weighted by atomic mass is 10.1. The van der Waals surface area contributed by atoms with Crippen LogP contribution in [0.5, 0.6) is 5.75 Å². The monoisotopic (exact) mass is 349 g/mol. The van der Waals surface area contributed by atoms with Crippen molar-refractivity contribution in [2.24, 2.45) is 0 Å². The van der Waals surface area contributed by atoms with Crippen molar-refractivity contribution in [3.8, 4) is 5.75 Å². The van der Waals surface area contributed by atoms with Gasteiger partial charge in [-0.1, -0.05) is 12.1 Å². The van der Waals surface area contributed by atoms with Gasteiger partial charge in [0.25, 0.3) is 0 Å². The predicted octanol–water partition coefficient (Wildman–Crippen LogP) is 2.68. The molecule has 0 radical (unpaired) electrons. The average Bonchev–Trinajstić information content (AvgIpc) is 2.71. The van der Waals surface area contributed by atoms with Crippen LogP contribution in [0.2, 0.25) is 0 Å². The number of pyridine rings is 2. The molecular weight excluding hydrogens is 330 g/mol. The summed E-state index contributed by atoms with van der Waals surface area (Å²) < 4.78 is 11.0. The summed E-state index contributed by atoms with van der Waals surface area (Å²) in [7, 11) is 0. The van der Waals surface area contributed by atoms with Crippen LogP contribution in [0.4, 0.5) is 0 Å². The van der Waals surface area contributed by atoms with Crippen LogP contribution in [0, 0.1) is 0 Å². The second-order valence-electron chi connectivity index (χ2n) is 6.14. The summed E-state index contributed by atoms with van der Waals surface area (Å²) in [5.41, 5.74) is 2.32. The number of fused-ring (bicyclic) bond motifs is 1. The summed E-state index contributed by atoms with van der Waals surface area (Å²) in [6, 6.07) is 11.0. The van der Waals surface area contributed by atoms with Crippen LogP contribution >= 0.6 is 0 Å². The molecule has 1 aliphatic rings. The first kappa shape index (κ1) is 16.6. The largest absolute Gasteiger partial charge is 0.421 e. The van der Waals surface area contributed by atoms with Crippen LogP contribution < -0.4 is 4.74 Å². The number of carbonyl (C=O) groups is 1. The lowest BCUT2D eigenvalue weighted by molar-refractivity contribution is 0.0343. The van der Waals surface area contributed by atoms with Crippen molar-refractivity contribution < 1.29 is 14.3 Å². The van der Waals surface area contributed by atoms with E-state index in [0.29, 0.717) is 16.8 Å². The molecule has 1 aromatic carbocycles. The summed E-state index contributed by atoms with van der Waals surface area (Å²) in [5, 5.41) is 0.999. The van der Waals surface area contributed by atoms with Gasteiger partial charge in [-0.3, -0.25) is 14.9 Å². The van der Waals surface area contributed by atoms with Crippen molar-refractivity contribution in [2.75, 3.05) is 26.3 Å². The van der Waals surface area contributed by atoms with Gasteiger partial charge in [-0.25, -0.2) is 4.79 Å². The molecule has 0 spiro atoms. The number of esters is 1. The Morgan fingerprint density at radius 1 is 1.08 bits per heavy atom. The van der Waals surface area contributed by atoms with E-state index in [9.17, 15) is 4.79 Å². The molecule has 0 atom stereocenters. The smallest absolute Gasteiger partial charge is 0.343 e. The van der Waals surface area contributed by atoms with Crippen LogP contribution in [-0.4, -0.2) is 47.1 Å². The highest BCUT2D eigenvalue weighted by Gasteiger charge is 2.16. The maximum atomic E-state index is 12.4.